The van der Waals surface area contributed by atoms with Crippen LogP contribution < -0.4 is 5.32 Å². The summed E-state index contributed by atoms with van der Waals surface area (Å²) >= 11 is 0. The van der Waals surface area contributed by atoms with Gasteiger partial charge in [-0.05, 0) is 25.5 Å². The Labute approximate surface area is 142 Å². The fraction of sp³-hybridized carbons (Fsp3) is 0.588. The Kier molecular flexibility index (Phi) is 5.63. The minimum absolute atomic E-state index is 0.597. The topological polar surface area (TPSA) is 67.0 Å². The normalized spacial score (nSPS) is 18.2. The molecule has 1 saturated heterocycles. The maximum atomic E-state index is 5.46. The molecule has 1 N–H and O–H groups in total. The average Bonchev–Trinajstić information content (AvgIpc) is 3.24. The Morgan fingerprint density at radius 1 is 1.46 bits per heavy atom. The Balaban J connectivity index is 1.60. The second-order valence-electron chi connectivity index (χ2n) is 6.14. The fourth-order valence-corrected chi connectivity index (χ4v) is 2.99. The van der Waals surface area contributed by atoms with Gasteiger partial charge in [-0.3, -0.25) is 9.39 Å². The van der Waals surface area contributed by atoms with Crippen molar-refractivity contribution >= 4 is 11.6 Å². The summed E-state index contributed by atoms with van der Waals surface area (Å²) in [5.41, 5.74) is 0.877. The number of aliphatic imine (C=N–C) groups is 1. The highest BCUT2D eigenvalue weighted by atomic mass is 16.5. The number of rotatable bonds is 6. The number of fused-ring (bicyclic) bond motifs is 1. The first kappa shape index (κ1) is 16.7. The van der Waals surface area contributed by atoms with Crippen molar-refractivity contribution in [3.05, 3.63) is 30.2 Å². The molecule has 1 fully saturated rings. The van der Waals surface area contributed by atoms with Crippen LogP contribution in [-0.4, -0.2) is 65.4 Å². The Bertz CT molecular complexity index is 677. The van der Waals surface area contributed by atoms with Crippen LogP contribution in [0.1, 0.15) is 19.2 Å². The summed E-state index contributed by atoms with van der Waals surface area (Å²) in [5, 5.41) is 11.8. The van der Waals surface area contributed by atoms with Crippen LogP contribution in [0.5, 0.6) is 0 Å². The molecule has 7 nitrogen and oxygen atoms in total. The molecule has 1 unspecified atom stereocenters. The van der Waals surface area contributed by atoms with Gasteiger partial charge < -0.3 is 15.0 Å². The van der Waals surface area contributed by atoms with E-state index < -0.39 is 0 Å². The van der Waals surface area contributed by atoms with Crippen LogP contribution in [0.2, 0.25) is 0 Å². The fourth-order valence-electron chi connectivity index (χ4n) is 2.99. The van der Waals surface area contributed by atoms with E-state index in [4.69, 9.17) is 9.73 Å². The first-order chi connectivity index (χ1) is 11.8. The molecule has 0 aliphatic carbocycles. The molecule has 7 heteroatoms. The van der Waals surface area contributed by atoms with Crippen LogP contribution in [0, 0.1) is 5.92 Å². The molecule has 24 heavy (non-hydrogen) atoms. The number of nitrogens with one attached hydrogen (secondary N) is 1. The summed E-state index contributed by atoms with van der Waals surface area (Å²) in [6, 6.07) is 5.92. The Morgan fingerprint density at radius 2 is 2.38 bits per heavy atom. The van der Waals surface area contributed by atoms with Gasteiger partial charge in [0.2, 0.25) is 0 Å². The van der Waals surface area contributed by atoms with Gasteiger partial charge in [0.15, 0.2) is 11.6 Å². The summed E-state index contributed by atoms with van der Waals surface area (Å²) in [4.78, 5) is 6.95. The van der Waals surface area contributed by atoms with Crippen LogP contribution in [0.15, 0.2) is 29.4 Å². The number of hydrogen-bond donors (Lipinski definition) is 1. The van der Waals surface area contributed by atoms with Crippen molar-refractivity contribution in [1.82, 2.24) is 24.8 Å². The molecular weight excluding hydrogens is 304 g/mol. The van der Waals surface area contributed by atoms with E-state index in [0.717, 1.165) is 56.6 Å². The third-order valence-electron chi connectivity index (χ3n) is 4.23. The highest BCUT2D eigenvalue weighted by Crippen LogP contribution is 2.13. The van der Waals surface area contributed by atoms with Gasteiger partial charge >= 0.3 is 0 Å². The van der Waals surface area contributed by atoms with Gasteiger partial charge in [-0.1, -0.05) is 6.07 Å². The zero-order chi connectivity index (χ0) is 16.8. The SMILES string of the molecule is CCNC(=NCCc1nnc2ccccn12)N(C)CC1CCOC1. The highest BCUT2D eigenvalue weighted by molar-refractivity contribution is 5.79. The van der Waals surface area contributed by atoms with E-state index in [-0.39, 0.29) is 0 Å². The largest absolute Gasteiger partial charge is 0.381 e. The second-order valence-corrected chi connectivity index (χ2v) is 6.14. The lowest BCUT2D eigenvalue weighted by Gasteiger charge is -2.24. The van der Waals surface area contributed by atoms with Crippen molar-refractivity contribution in [3.8, 4) is 0 Å². The zero-order valence-electron chi connectivity index (χ0n) is 14.5. The van der Waals surface area contributed by atoms with Crippen molar-refractivity contribution in [2.24, 2.45) is 10.9 Å². The molecule has 1 aliphatic heterocycles. The number of aromatic nitrogens is 3. The predicted octanol–water partition coefficient (Wildman–Crippen LogP) is 1.21. The first-order valence-electron chi connectivity index (χ1n) is 8.63. The van der Waals surface area contributed by atoms with E-state index in [0.29, 0.717) is 12.5 Å². The van der Waals surface area contributed by atoms with E-state index in [2.05, 4.69) is 34.4 Å². The maximum absolute atomic E-state index is 5.46. The van der Waals surface area contributed by atoms with E-state index in [1.807, 2.05) is 28.8 Å². The van der Waals surface area contributed by atoms with Crippen LogP contribution >= 0.6 is 0 Å². The quantitative estimate of drug-likeness (QED) is 0.637. The van der Waals surface area contributed by atoms with Gasteiger partial charge in [0.05, 0.1) is 6.61 Å². The van der Waals surface area contributed by atoms with E-state index in [1.54, 1.807) is 0 Å². The Morgan fingerprint density at radius 3 is 3.17 bits per heavy atom. The van der Waals surface area contributed by atoms with Crippen LogP contribution in [0.3, 0.4) is 0 Å². The number of nitrogens with zero attached hydrogens (tertiary/aromatic N) is 5. The molecule has 0 radical (unpaired) electrons. The molecule has 0 bridgehead atoms. The molecule has 2 aromatic rings. The van der Waals surface area contributed by atoms with Gasteiger partial charge in [0.25, 0.3) is 0 Å². The van der Waals surface area contributed by atoms with Gasteiger partial charge in [-0.25, -0.2) is 0 Å². The second kappa shape index (κ2) is 8.10. The van der Waals surface area contributed by atoms with Crippen molar-refractivity contribution in [2.75, 3.05) is 39.9 Å². The predicted molar refractivity (Wildman–Crippen MR) is 94.2 cm³/mol. The lowest BCUT2D eigenvalue weighted by atomic mass is 10.1. The first-order valence-corrected chi connectivity index (χ1v) is 8.63. The van der Waals surface area contributed by atoms with Gasteiger partial charge in [0, 0.05) is 51.8 Å². The minimum Gasteiger partial charge on any atom is -0.381 e. The molecule has 0 aromatic carbocycles. The van der Waals surface area contributed by atoms with Gasteiger partial charge in [-0.15, -0.1) is 10.2 Å². The summed E-state index contributed by atoms with van der Waals surface area (Å²) in [6.45, 7) is 6.34. The molecule has 2 aromatic heterocycles. The monoisotopic (exact) mass is 330 g/mol. The molecular formula is C17H26N6O. The average molecular weight is 330 g/mol. The zero-order valence-corrected chi connectivity index (χ0v) is 14.5. The maximum Gasteiger partial charge on any atom is 0.193 e. The summed E-state index contributed by atoms with van der Waals surface area (Å²) < 4.78 is 7.48. The van der Waals surface area contributed by atoms with Crippen molar-refractivity contribution in [1.29, 1.82) is 0 Å². The van der Waals surface area contributed by atoms with E-state index in [9.17, 15) is 0 Å². The van der Waals surface area contributed by atoms with E-state index in [1.165, 1.54) is 0 Å². The molecule has 0 amide bonds. The molecule has 3 heterocycles. The lowest BCUT2D eigenvalue weighted by molar-refractivity contribution is 0.181. The van der Waals surface area contributed by atoms with Crippen molar-refractivity contribution in [2.45, 2.75) is 19.8 Å². The van der Waals surface area contributed by atoms with Gasteiger partial charge in [-0.2, -0.15) is 0 Å². The van der Waals surface area contributed by atoms with Crippen LogP contribution in [0.25, 0.3) is 5.65 Å². The number of hydrogen-bond acceptors (Lipinski definition) is 4. The Hall–Kier alpha value is -2.15. The highest BCUT2D eigenvalue weighted by Gasteiger charge is 2.19. The molecule has 130 valence electrons. The molecule has 1 aliphatic rings. The number of pyridine rings is 1. The van der Waals surface area contributed by atoms with Crippen molar-refractivity contribution < 1.29 is 4.74 Å². The minimum atomic E-state index is 0.597. The summed E-state index contributed by atoms with van der Waals surface area (Å²) in [6.07, 6.45) is 3.89. The van der Waals surface area contributed by atoms with Crippen LogP contribution in [-0.2, 0) is 11.2 Å². The summed E-state index contributed by atoms with van der Waals surface area (Å²) in [5.74, 6) is 2.48. The molecule has 0 saturated carbocycles. The van der Waals surface area contributed by atoms with Crippen molar-refractivity contribution in [3.63, 3.8) is 0 Å². The van der Waals surface area contributed by atoms with Gasteiger partial charge in [0.1, 0.15) is 5.82 Å². The number of ether oxygens (including phenoxy) is 1. The molecule has 0 spiro atoms. The number of guanidine groups is 1. The molecule has 1 atom stereocenters. The van der Waals surface area contributed by atoms with E-state index >= 15 is 0 Å². The smallest absolute Gasteiger partial charge is 0.193 e. The lowest BCUT2D eigenvalue weighted by Crippen LogP contribution is -2.41. The third-order valence-corrected chi connectivity index (χ3v) is 4.23. The third kappa shape index (κ3) is 4.03. The summed E-state index contributed by atoms with van der Waals surface area (Å²) in [7, 11) is 2.09. The standard InChI is InChI=1S/C17H26N6O/c1-3-18-17(22(2)12-14-8-11-24-13-14)19-9-7-16-21-20-15-6-4-5-10-23(15)16/h4-6,10,14H,3,7-9,11-13H2,1-2H3,(H,18,19). The molecule has 3 rings (SSSR count). The van der Waals surface area contributed by atoms with Crippen LogP contribution in [0.4, 0.5) is 0 Å².